The highest BCUT2D eigenvalue weighted by atomic mass is 19.1. The van der Waals surface area contributed by atoms with E-state index in [1.54, 1.807) is 12.1 Å². The predicted molar refractivity (Wildman–Crippen MR) is 81.4 cm³/mol. The fourth-order valence-electron chi connectivity index (χ4n) is 3.68. The van der Waals surface area contributed by atoms with Crippen molar-refractivity contribution in [3.8, 4) is 0 Å². The van der Waals surface area contributed by atoms with E-state index < -0.39 is 0 Å². The molecule has 0 bridgehead atoms. The first-order valence-corrected chi connectivity index (χ1v) is 7.88. The maximum Gasteiger partial charge on any atom is 0.228 e. The van der Waals surface area contributed by atoms with Crippen LogP contribution in [0.15, 0.2) is 18.2 Å². The molecule has 6 heteroatoms. The number of carbonyl (C=O) groups is 1. The predicted octanol–water partition coefficient (Wildman–Crippen LogP) is 1.07. The van der Waals surface area contributed by atoms with Crippen molar-refractivity contribution in [2.24, 2.45) is 17.8 Å². The second-order valence-corrected chi connectivity index (χ2v) is 6.27. The average molecular weight is 305 g/mol. The summed E-state index contributed by atoms with van der Waals surface area (Å²) in [5.41, 5.74) is 1.12. The Kier molecular flexibility index (Phi) is 3.50. The summed E-state index contributed by atoms with van der Waals surface area (Å²) in [7, 11) is 0. The summed E-state index contributed by atoms with van der Waals surface area (Å²) >= 11 is 0. The van der Waals surface area contributed by atoms with Crippen LogP contribution < -0.4 is 15.5 Å². The third kappa shape index (κ3) is 2.46. The van der Waals surface area contributed by atoms with E-state index in [9.17, 15) is 9.18 Å². The van der Waals surface area contributed by atoms with Crippen molar-refractivity contribution in [3.63, 3.8) is 0 Å². The number of carbonyl (C=O) groups excluding carboxylic acids is 1. The third-order valence-electron chi connectivity index (χ3n) is 4.96. The van der Waals surface area contributed by atoms with Gasteiger partial charge in [-0.1, -0.05) is 0 Å². The fraction of sp³-hybridized carbons (Fsp3) is 0.562. The molecule has 2 unspecified atom stereocenters. The van der Waals surface area contributed by atoms with E-state index in [-0.39, 0.29) is 17.6 Å². The van der Waals surface area contributed by atoms with Gasteiger partial charge >= 0.3 is 0 Å². The van der Waals surface area contributed by atoms with Gasteiger partial charge in [0.05, 0.1) is 18.9 Å². The van der Waals surface area contributed by atoms with Crippen LogP contribution in [0.1, 0.15) is 0 Å². The summed E-state index contributed by atoms with van der Waals surface area (Å²) in [5, 5.41) is 6.12. The molecule has 2 atom stereocenters. The minimum atomic E-state index is -0.294. The molecule has 2 saturated heterocycles. The van der Waals surface area contributed by atoms with Crippen molar-refractivity contribution in [2.75, 3.05) is 49.6 Å². The molecule has 0 aromatic heterocycles. The molecule has 0 radical (unpaired) electrons. The van der Waals surface area contributed by atoms with Gasteiger partial charge in [0.25, 0.3) is 0 Å². The van der Waals surface area contributed by atoms with Crippen molar-refractivity contribution in [1.82, 2.24) is 5.32 Å². The number of fused-ring (bicyclic) bond motifs is 1. The van der Waals surface area contributed by atoms with E-state index in [1.165, 1.54) is 6.07 Å². The summed E-state index contributed by atoms with van der Waals surface area (Å²) in [5.74, 6) is 0.769. The molecule has 118 valence electrons. The molecule has 3 aliphatic rings. The second-order valence-electron chi connectivity index (χ2n) is 6.27. The Morgan fingerprint density at radius 1 is 1.27 bits per heavy atom. The van der Waals surface area contributed by atoms with Gasteiger partial charge in [0.15, 0.2) is 0 Å². The number of amides is 1. The first-order chi connectivity index (χ1) is 10.7. The largest absolute Gasteiger partial charge is 0.378 e. The Hall–Kier alpha value is -1.66. The third-order valence-corrected chi connectivity index (χ3v) is 4.96. The van der Waals surface area contributed by atoms with Crippen molar-refractivity contribution in [1.29, 1.82) is 0 Å². The number of rotatable bonds is 3. The molecule has 1 aromatic rings. The van der Waals surface area contributed by atoms with Crippen LogP contribution in [0.3, 0.4) is 0 Å². The SMILES string of the molecule is O=C(Nc1ccc(N2CCOCC2)c(F)c1)C1C2CNCC21. The number of hydrogen-bond acceptors (Lipinski definition) is 4. The molecule has 1 saturated carbocycles. The van der Waals surface area contributed by atoms with Gasteiger partial charge in [0.2, 0.25) is 5.91 Å². The molecule has 2 N–H and O–H groups in total. The lowest BCUT2D eigenvalue weighted by atomic mass is 10.2. The van der Waals surface area contributed by atoms with Crippen LogP contribution in [0, 0.1) is 23.6 Å². The Labute approximate surface area is 128 Å². The molecular formula is C16H20FN3O2. The molecule has 2 heterocycles. The normalized spacial score (nSPS) is 30.0. The maximum absolute atomic E-state index is 14.3. The lowest BCUT2D eigenvalue weighted by Gasteiger charge is -2.29. The number of benzene rings is 1. The van der Waals surface area contributed by atoms with E-state index in [2.05, 4.69) is 10.6 Å². The molecule has 1 amide bonds. The van der Waals surface area contributed by atoms with Crippen LogP contribution in [0.25, 0.3) is 0 Å². The molecule has 1 aromatic carbocycles. The number of anilines is 2. The van der Waals surface area contributed by atoms with Crippen LogP contribution in [0.5, 0.6) is 0 Å². The van der Waals surface area contributed by atoms with Gasteiger partial charge in [-0.3, -0.25) is 4.79 Å². The van der Waals surface area contributed by atoms with Crippen molar-refractivity contribution in [2.45, 2.75) is 0 Å². The number of halogens is 1. The van der Waals surface area contributed by atoms with E-state index in [0.29, 0.717) is 49.5 Å². The number of hydrogen-bond donors (Lipinski definition) is 2. The Balaban J connectivity index is 1.42. The van der Waals surface area contributed by atoms with Crippen molar-refractivity contribution in [3.05, 3.63) is 24.0 Å². The number of piperidine rings is 1. The number of nitrogens with one attached hydrogen (secondary N) is 2. The molecular weight excluding hydrogens is 285 g/mol. The topological polar surface area (TPSA) is 53.6 Å². The van der Waals surface area contributed by atoms with Gasteiger partial charge in [-0.15, -0.1) is 0 Å². The minimum absolute atomic E-state index is 0.0232. The van der Waals surface area contributed by atoms with Gasteiger partial charge in [0.1, 0.15) is 5.82 Å². The molecule has 4 rings (SSSR count). The van der Waals surface area contributed by atoms with Crippen molar-refractivity contribution < 1.29 is 13.9 Å². The Bertz CT molecular complexity index is 579. The first-order valence-electron chi connectivity index (χ1n) is 7.88. The van der Waals surface area contributed by atoms with Crippen LogP contribution in [-0.4, -0.2) is 45.3 Å². The molecule has 5 nitrogen and oxygen atoms in total. The smallest absolute Gasteiger partial charge is 0.228 e. The Morgan fingerprint density at radius 2 is 2.00 bits per heavy atom. The van der Waals surface area contributed by atoms with E-state index in [1.807, 2.05) is 4.90 Å². The first kappa shape index (κ1) is 14.0. The summed E-state index contributed by atoms with van der Waals surface area (Å²) in [6, 6.07) is 4.94. The molecule has 3 fully saturated rings. The van der Waals surface area contributed by atoms with Crippen LogP contribution >= 0.6 is 0 Å². The summed E-state index contributed by atoms with van der Waals surface area (Å²) < 4.78 is 19.6. The lowest BCUT2D eigenvalue weighted by molar-refractivity contribution is -0.118. The van der Waals surface area contributed by atoms with E-state index in [0.717, 1.165) is 13.1 Å². The Morgan fingerprint density at radius 3 is 2.68 bits per heavy atom. The van der Waals surface area contributed by atoms with Gasteiger partial charge < -0.3 is 20.3 Å². The van der Waals surface area contributed by atoms with E-state index in [4.69, 9.17) is 4.74 Å². The highest BCUT2D eigenvalue weighted by molar-refractivity contribution is 5.95. The average Bonchev–Trinajstić information content (AvgIpc) is 3.02. The number of ether oxygens (including phenoxy) is 1. The highest BCUT2D eigenvalue weighted by Gasteiger charge is 2.56. The van der Waals surface area contributed by atoms with Crippen LogP contribution in [0.2, 0.25) is 0 Å². The van der Waals surface area contributed by atoms with Gasteiger partial charge in [-0.25, -0.2) is 4.39 Å². The standard InChI is InChI=1S/C16H20FN3O2/c17-13-7-10(1-2-14(13)20-3-5-22-6-4-20)19-16(21)15-11-8-18-9-12(11)15/h1-2,7,11-12,15,18H,3-6,8-9H2,(H,19,21). The zero-order valence-corrected chi connectivity index (χ0v) is 12.3. The zero-order chi connectivity index (χ0) is 15.1. The molecule has 0 spiro atoms. The van der Waals surface area contributed by atoms with Gasteiger partial charge in [-0.2, -0.15) is 0 Å². The molecule has 22 heavy (non-hydrogen) atoms. The second kappa shape index (κ2) is 5.52. The quantitative estimate of drug-likeness (QED) is 0.877. The number of morpholine rings is 1. The zero-order valence-electron chi connectivity index (χ0n) is 12.3. The fourth-order valence-corrected chi connectivity index (χ4v) is 3.68. The highest BCUT2D eigenvalue weighted by Crippen LogP contribution is 2.49. The van der Waals surface area contributed by atoms with Crippen LogP contribution in [0.4, 0.5) is 15.8 Å². The lowest BCUT2D eigenvalue weighted by Crippen LogP contribution is -2.36. The maximum atomic E-state index is 14.3. The summed E-state index contributed by atoms with van der Waals surface area (Å²) in [6.07, 6.45) is 0. The number of nitrogens with zero attached hydrogens (tertiary/aromatic N) is 1. The van der Waals surface area contributed by atoms with Gasteiger partial charge in [0, 0.05) is 24.7 Å². The monoisotopic (exact) mass is 305 g/mol. The summed E-state index contributed by atoms with van der Waals surface area (Å²) in [6.45, 7) is 4.48. The summed E-state index contributed by atoms with van der Waals surface area (Å²) in [4.78, 5) is 14.2. The minimum Gasteiger partial charge on any atom is -0.378 e. The van der Waals surface area contributed by atoms with Crippen LogP contribution in [-0.2, 0) is 9.53 Å². The van der Waals surface area contributed by atoms with E-state index >= 15 is 0 Å². The molecule has 2 aliphatic heterocycles. The van der Waals surface area contributed by atoms with Gasteiger partial charge in [-0.05, 0) is 43.1 Å². The molecule has 1 aliphatic carbocycles. The van der Waals surface area contributed by atoms with Crippen molar-refractivity contribution >= 4 is 17.3 Å².